The van der Waals surface area contributed by atoms with E-state index in [0.717, 1.165) is 11.5 Å². The fourth-order valence-corrected chi connectivity index (χ4v) is 1.95. The minimum atomic E-state index is -0.380. The molecule has 4 nitrogen and oxygen atoms in total. The largest absolute Gasteiger partial charge is 0.465 e. The zero-order valence-corrected chi connectivity index (χ0v) is 9.98. The van der Waals surface area contributed by atoms with Crippen molar-refractivity contribution >= 4 is 28.0 Å². The number of nitrogens with one attached hydrogen (secondary N) is 1. The SMILES string of the molecule is COC(=O)c1sc(NCC(C)C)cc1N. The second-order valence-corrected chi connectivity index (χ2v) is 4.71. The molecule has 0 aliphatic rings. The van der Waals surface area contributed by atoms with Crippen LogP contribution in [-0.4, -0.2) is 19.6 Å². The van der Waals surface area contributed by atoms with Gasteiger partial charge in [0, 0.05) is 6.54 Å². The average Bonchev–Trinajstić information content (AvgIpc) is 2.55. The number of esters is 1. The summed E-state index contributed by atoms with van der Waals surface area (Å²) in [6, 6.07) is 1.76. The normalized spacial score (nSPS) is 10.4. The summed E-state index contributed by atoms with van der Waals surface area (Å²) in [6.07, 6.45) is 0. The Hall–Kier alpha value is -1.23. The first kappa shape index (κ1) is 11.8. The van der Waals surface area contributed by atoms with E-state index in [-0.39, 0.29) is 5.97 Å². The lowest BCUT2D eigenvalue weighted by molar-refractivity contribution is 0.0607. The van der Waals surface area contributed by atoms with Crippen molar-refractivity contribution < 1.29 is 9.53 Å². The molecule has 1 aromatic heterocycles. The molecular weight excluding hydrogens is 212 g/mol. The molecule has 0 atom stereocenters. The van der Waals surface area contributed by atoms with Gasteiger partial charge in [0.1, 0.15) is 4.88 Å². The van der Waals surface area contributed by atoms with Crippen LogP contribution in [0.4, 0.5) is 10.7 Å². The standard InChI is InChI=1S/C10H16N2O2S/c1-6(2)5-12-8-4-7(11)9(15-8)10(13)14-3/h4,6,12H,5,11H2,1-3H3. The minimum absolute atomic E-state index is 0.380. The molecule has 84 valence electrons. The lowest BCUT2D eigenvalue weighted by atomic mass is 10.2. The Morgan fingerprint density at radius 2 is 2.33 bits per heavy atom. The molecular formula is C10H16N2O2S. The summed E-state index contributed by atoms with van der Waals surface area (Å²) in [6.45, 7) is 5.09. The molecule has 0 unspecified atom stereocenters. The second-order valence-electron chi connectivity index (χ2n) is 3.66. The zero-order chi connectivity index (χ0) is 11.4. The number of ether oxygens (including phenoxy) is 1. The molecule has 0 radical (unpaired) electrons. The van der Waals surface area contributed by atoms with E-state index in [0.29, 0.717) is 16.5 Å². The Morgan fingerprint density at radius 1 is 1.67 bits per heavy atom. The number of carbonyl (C=O) groups is 1. The number of carbonyl (C=O) groups excluding carboxylic acids is 1. The van der Waals surface area contributed by atoms with Gasteiger partial charge in [0.15, 0.2) is 0 Å². The van der Waals surface area contributed by atoms with Crippen LogP contribution < -0.4 is 11.1 Å². The van der Waals surface area contributed by atoms with Crippen molar-refractivity contribution in [2.75, 3.05) is 24.7 Å². The van der Waals surface area contributed by atoms with Gasteiger partial charge in [0.25, 0.3) is 0 Å². The summed E-state index contributed by atoms with van der Waals surface area (Å²) >= 11 is 1.32. The monoisotopic (exact) mass is 228 g/mol. The maximum absolute atomic E-state index is 11.3. The van der Waals surface area contributed by atoms with Gasteiger partial charge in [0.2, 0.25) is 0 Å². The molecule has 1 aromatic rings. The summed E-state index contributed by atoms with van der Waals surface area (Å²) in [4.78, 5) is 11.7. The maximum atomic E-state index is 11.3. The van der Waals surface area contributed by atoms with Crippen LogP contribution in [0.3, 0.4) is 0 Å². The van der Waals surface area contributed by atoms with E-state index in [1.165, 1.54) is 18.4 Å². The van der Waals surface area contributed by atoms with Gasteiger partial charge in [0.05, 0.1) is 17.8 Å². The highest BCUT2D eigenvalue weighted by atomic mass is 32.1. The topological polar surface area (TPSA) is 64.3 Å². The third-order valence-electron chi connectivity index (χ3n) is 1.82. The van der Waals surface area contributed by atoms with E-state index in [9.17, 15) is 4.79 Å². The number of nitrogen functional groups attached to an aromatic ring is 1. The van der Waals surface area contributed by atoms with Gasteiger partial charge in [-0.2, -0.15) is 0 Å². The van der Waals surface area contributed by atoms with Gasteiger partial charge in [-0.15, -0.1) is 11.3 Å². The highest BCUT2D eigenvalue weighted by Crippen LogP contribution is 2.29. The Morgan fingerprint density at radius 3 is 2.87 bits per heavy atom. The van der Waals surface area contributed by atoms with Crippen molar-refractivity contribution in [2.24, 2.45) is 5.92 Å². The Labute approximate surface area is 93.4 Å². The number of hydrogen-bond acceptors (Lipinski definition) is 5. The molecule has 0 spiro atoms. The number of methoxy groups -OCH3 is 1. The quantitative estimate of drug-likeness (QED) is 0.775. The van der Waals surface area contributed by atoms with Crippen LogP contribution in [0.5, 0.6) is 0 Å². The van der Waals surface area contributed by atoms with E-state index >= 15 is 0 Å². The Bertz CT molecular complexity index is 347. The van der Waals surface area contributed by atoms with Gasteiger partial charge in [-0.05, 0) is 12.0 Å². The first-order valence-corrected chi connectivity index (χ1v) is 5.57. The van der Waals surface area contributed by atoms with Crippen molar-refractivity contribution in [1.82, 2.24) is 0 Å². The van der Waals surface area contributed by atoms with Gasteiger partial charge >= 0.3 is 5.97 Å². The Balaban J connectivity index is 2.72. The fraction of sp³-hybridized carbons (Fsp3) is 0.500. The number of rotatable bonds is 4. The molecule has 0 amide bonds. The van der Waals surface area contributed by atoms with E-state index in [4.69, 9.17) is 5.73 Å². The third-order valence-corrected chi connectivity index (χ3v) is 2.90. The third kappa shape index (κ3) is 3.13. The molecule has 0 bridgehead atoms. The van der Waals surface area contributed by atoms with Crippen LogP contribution in [0.25, 0.3) is 0 Å². The molecule has 0 aliphatic carbocycles. The fourth-order valence-electron chi connectivity index (χ4n) is 1.05. The lowest BCUT2D eigenvalue weighted by Gasteiger charge is -2.05. The average molecular weight is 228 g/mol. The first-order chi connectivity index (χ1) is 7.04. The number of thiophene rings is 1. The molecule has 0 aromatic carbocycles. The smallest absolute Gasteiger partial charge is 0.350 e. The Kier molecular flexibility index (Phi) is 3.96. The predicted molar refractivity (Wildman–Crippen MR) is 63.4 cm³/mol. The molecule has 0 aliphatic heterocycles. The second kappa shape index (κ2) is 5.02. The van der Waals surface area contributed by atoms with E-state index in [2.05, 4.69) is 23.9 Å². The maximum Gasteiger partial charge on any atom is 0.350 e. The summed E-state index contributed by atoms with van der Waals surface area (Å²) < 4.78 is 4.62. The molecule has 3 N–H and O–H groups in total. The lowest BCUT2D eigenvalue weighted by Crippen LogP contribution is -2.06. The van der Waals surface area contributed by atoms with Crippen LogP contribution in [-0.2, 0) is 4.74 Å². The molecule has 0 saturated carbocycles. The van der Waals surface area contributed by atoms with Gasteiger partial charge in [-0.3, -0.25) is 0 Å². The van der Waals surface area contributed by atoms with Crippen molar-refractivity contribution in [1.29, 1.82) is 0 Å². The van der Waals surface area contributed by atoms with Crippen molar-refractivity contribution in [3.05, 3.63) is 10.9 Å². The van der Waals surface area contributed by atoms with Crippen molar-refractivity contribution in [3.8, 4) is 0 Å². The van der Waals surface area contributed by atoms with Gasteiger partial charge < -0.3 is 15.8 Å². The van der Waals surface area contributed by atoms with E-state index < -0.39 is 0 Å². The summed E-state index contributed by atoms with van der Waals surface area (Å²) in [5.41, 5.74) is 6.16. The summed E-state index contributed by atoms with van der Waals surface area (Å²) in [5, 5.41) is 4.12. The molecule has 0 fully saturated rings. The van der Waals surface area contributed by atoms with E-state index in [1.807, 2.05) is 0 Å². The minimum Gasteiger partial charge on any atom is -0.465 e. The van der Waals surface area contributed by atoms with Crippen LogP contribution in [0.1, 0.15) is 23.5 Å². The number of hydrogen-bond donors (Lipinski definition) is 2. The van der Waals surface area contributed by atoms with Crippen LogP contribution in [0.2, 0.25) is 0 Å². The first-order valence-electron chi connectivity index (χ1n) is 4.76. The van der Waals surface area contributed by atoms with Crippen LogP contribution in [0.15, 0.2) is 6.07 Å². The van der Waals surface area contributed by atoms with Gasteiger partial charge in [-0.25, -0.2) is 4.79 Å². The molecule has 1 rings (SSSR count). The van der Waals surface area contributed by atoms with Crippen molar-refractivity contribution in [2.45, 2.75) is 13.8 Å². The molecule has 1 heterocycles. The predicted octanol–water partition coefficient (Wildman–Crippen LogP) is 2.18. The molecule has 5 heteroatoms. The van der Waals surface area contributed by atoms with Gasteiger partial charge in [-0.1, -0.05) is 13.8 Å². The molecule has 0 saturated heterocycles. The summed E-state index contributed by atoms with van der Waals surface area (Å²) in [5.74, 6) is 0.171. The van der Waals surface area contributed by atoms with E-state index in [1.54, 1.807) is 6.07 Å². The van der Waals surface area contributed by atoms with Crippen LogP contribution >= 0.6 is 11.3 Å². The molecule has 15 heavy (non-hydrogen) atoms. The zero-order valence-electron chi connectivity index (χ0n) is 9.16. The highest BCUT2D eigenvalue weighted by Gasteiger charge is 2.14. The highest BCUT2D eigenvalue weighted by molar-refractivity contribution is 7.18. The number of anilines is 2. The number of nitrogens with two attached hydrogens (primary N) is 1. The van der Waals surface area contributed by atoms with Crippen LogP contribution in [0, 0.1) is 5.92 Å². The van der Waals surface area contributed by atoms with Crippen molar-refractivity contribution in [3.63, 3.8) is 0 Å². The summed E-state index contributed by atoms with van der Waals surface area (Å²) in [7, 11) is 1.35.